The molecule has 0 fully saturated rings. The quantitative estimate of drug-likeness (QED) is 0.817. The van der Waals surface area contributed by atoms with Crippen LogP contribution in [0, 0.1) is 0 Å². The predicted octanol–water partition coefficient (Wildman–Crippen LogP) is 0.221. The molecule has 2 aromatic rings. The fourth-order valence-corrected chi connectivity index (χ4v) is 1.76. The van der Waals surface area contributed by atoms with Gasteiger partial charge in [0.25, 0.3) is 5.56 Å². The van der Waals surface area contributed by atoms with Crippen molar-refractivity contribution in [1.82, 2.24) is 19.5 Å². The third-order valence-corrected chi connectivity index (χ3v) is 3.38. The molecule has 1 atom stereocenters. The number of aryl methyl sites for hydroxylation is 1. The molecule has 2 N–H and O–H groups in total. The zero-order chi connectivity index (χ0) is 13.5. The maximum Gasteiger partial charge on any atom is 0.329 e. The summed E-state index contributed by atoms with van der Waals surface area (Å²) in [7, 11) is 3.14. The van der Waals surface area contributed by atoms with Gasteiger partial charge in [-0.2, -0.15) is 0 Å². The lowest BCUT2D eigenvalue weighted by Gasteiger charge is -2.23. The second kappa shape index (κ2) is 4.09. The topological polar surface area (TPSA) is 92.8 Å². The summed E-state index contributed by atoms with van der Waals surface area (Å²) in [6.45, 7) is 3.83. The van der Waals surface area contributed by atoms with Gasteiger partial charge in [0, 0.05) is 14.2 Å². The zero-order valence-electron chi connectivity index (χ0n) is 10.8. The van der Waals surface area contributed by atoms with Crippen LogP contribution in [0.2, 0.25) is 0 Å². The summed E-state index contributed by atoms with van der Waals surface area (Å²) >= 11 is 0. The second-order valence-corrected chi connectivity index (χ2v) is 4.39. The van der Waals surface area contributed by atoms with Crippen LogP contribution in [0.4, 0.5) is 0 Å². The fourth-order valence-electron chi connectivity index (χ4n) is 1.76. The highest BCUT2D eigenvalue weighted by molar-refractivity contribution is 5.69. The molecule has 2 rings (SSSR count). The van der Waals surface area contributed by atoms with Crippen molar-refractivity contribution in [3.05, 3.63) is 26.7 Å². The predicted molar refractivity (Wildman–Crippen MR) is 66.6 cm³/mol. The first-order chi connectivity index (χ1) is 8.42. The molecule has 0 radical (unpaired) electrons. The second-order valence-electron chi connectivity index (χ2n) is 4.39. The number of aromatic nitrogens is 4. The number of fused-ring (bicyclic) bond motifs is 1. The molecule has 0 amide bonds. The van der Waals surface area contributed by atoms with E-state index < -0.39 is 16.9 Å². The Morgan fingerprint density at radius 3 is 2.61 bits per heavy atom. The Labute approximate surface area is 103 Å². The lowest BCUT2D eigenvalue weighted by atomic mass is 10.0. The molecule has 0 aliphatic heterocycles. The minimum Gasteiger partial charge on any atom is -0.371 e. The smallest absolute Gasteiger partial charge is 0.329 e. The van der Waals surface area contributed by atoms with E-state index in [1.54, 1.807) is 14.2 Å². The fraction of sp³-hybridized carbons (Fsp3) is 0.545. The van der Waals surface area contributed by atoms with Gasteiger partial charge in [-0.3, -0.25) is 14.3 Å². The van der Waals surface area contributed by atoms with Crippen molar-refractivity contribution in [3.8, 4) is 0 Å². The van der Waals surface area contributed by atoms with Gasteiger partial charge >= 0.3 is 5.69 Å². The zero-order valence-corrected chi connectivity index (χ0v) is 10.8. The van der Waals surface area contributed by atoms with Crippen LogP contribution >= 0.6 is 0 Å². The van der Waals surface area contributed by atoms with Gasteiger partial charge in [0.05, 0.1) is 0 Å². The Balaban J connectivity index is 2.79. The Bertz CT molecular complexity index is 690. The van der Waals surface area contributed by atoms with Crippen LogP contribution in [-0.2, 0) is 17.4 Å². The first kappa shape index (κ1) is 12.6. The van der Waals surface area contributed by atoms with E-state index in [0.29, 0.717) is 17.9 Å². The molecule has 7 nitrogen and oxygen atoms in total. The monoisotopic (exact) mass is 252 g/mol. The summed E-state index contributed by atoms with van der Waals surface area (Å²) < 4.78 is 6.71. The largest absolute Gasteiger partial charge is 0.371 e. The number of methoxy groups -OCH3 is 1. The van der Waals surface area contributed by atoms with Crippen LogP contribution in [-0.4, -0.2) is 26.6 Å². The number of aromatic amines is 2. The van der Waals surface area contributed by atoms with Gasteiger partial charge in [-0.1, -0.05) is 6.92 Å². The number of imidazole rings is 1. The van der Waals surface area contributed by atoms with Gasteiger partial charge in [0.15, 0.2) is 5.65 Å². The Kier molecular flexibility index (Phi) is 2.86. The van der Waals surface area contributed by atoms with Gasteiger partial charge in [-0.15, -0.1) is 0 Å². The maximum absolute atomic E-state index is 11.7. The summed E-state index contributed by atoms with van der Waals surface area (Å²) in [5.74, 6) is 0.536. The Hall–Kier alpha value is -1.89. The van der Waals surface area contributed by atoms with E-state index in [9.17, 15) is 9.59 Å². The van der Waals surface area contributed by atoms with Gasteiger partial charge in [0.2, 0.25) is 0 Å². The number of nitrogens with one attached hydrogen (secondary N) is 2. The molecule has 0 aliphatic carbocycles. The third-order valence-electron chi connectivity index (χ3n) is 3.38. The van der Waals surface area contributed by atoms with Crippen LogP contribution in [0.3, 0.4) is 0 Å². The molecule has 0 aromatic carbocycles. The molecule has 0 saturated carbocycles. The normalized spacial score (nSPS) is 14.9. The SMILES string of the molecule is CCC(C)(OC)c1nc2c([nH]1)c(=O)[nH]c(=O)n2C. The average Bonchev–Trinajstić information content (AvgIpc) is 2.81. The van der Waals surface area contributed by atoms with Crippen LogP contribution in [0.1, 0.15) is 26.1 Å². The highest BCUT2D eigenvalue weighted by Gasteiger charge is 2.28. The van der Waals surface area contributed by atoms with E-state index >= 15 is 0 Å². The third kappa shape index (κ3) is 1.67. The molecular formula is C11H16N4O3. The van der Waals surface area contributed by atoms with Crippen molar-refractivity contribution in [2.75, 3.05) is 7.11 Å². The lowest BCUT2D eigenvalue weighted by molar-refractivity contribution is -0.00807. The Morgan fingerprint density at radius 2 is 2.06 bits per heavy atom. The number of ether oxygens (including phenoxy) is 1. The van der Waals surface area contributed by atoms with E-state index in [2.05, 4.69) is 15.0 Å². The first-order valence-electron chi connectivity index (χ1n) is 5.67. The van der Waals surface area contributed by atoms with E-state index in [4.69, 9.17) is 4.74 Å². The van der Waals surface area contributed by atoms with E-state index in [0.717, 1.165) is 0 Å². The molecule has 2 heterocycles. The number of H-pyrrole nitrogens is 2. The highest BCUT2D eigenvalue weighted by Crippen LogP contribution is 2.26. The minimum absolute atomic E-state index is 0.281. The van der Waals surface area contributed by atoms with E-state index in [1.165, 1.54) is 4.57 Å². The molecule has 0 spiro atoms. The van der Waals surface area contributed by atoms with Crippen LogP contribution in [0.5, 0.6) is 0 Å². The summed E-state index contributed by atoms with van der Waals surface area (Å²) in [6.07, 6.45) is 0.690. The van der Waals surface area contributed by atoms with Crippen molar-refractivity contribution in [2.24, 2.45) is 7.05 Å². The first-order valence-corrected chi connectivity index (χ1v) is 5.67. The maximum atomic E-state index is 11.7. The summed E-state index contributed by atoms with van der Waals surface area (Å²) in [4.78, 5) is 32.6. The standard InChI is InChI=1S/C11H16N4O3/c1-5-11(2,18-4)9-12-6-7(13-9)15(3)10(17)14-8(6)16/h5H2,1-4H3,(H,12,13)(H,14,16,17). The van der Waals surface area contributed by atoms with Crippen LogP contribution in [0.25, 0.3) is 11.2 Å². The molecular weight excluding hydrogens is 236 g/mol. The number of rotatable bonds is 3. The molecule has 18 heavy (non-hydrogen) atoms. The van der Waals surface area contributed by atoms with Crippen LogP contribution < -0.4 is 11.2 Å². The van der Waals surface area contributed by atoms with Gasteiger partial charge < -0.3 is 9.72 Å². The highest BCUT2D eigenvalue weighted by atomic mass is 16.5. The average molecular weight is 252 g/mol. The molecule has 2 aromatic heterocycles. The molecule has 98 valence electrons. The van der Waals surface area contributed by atoms with Gasteiger partial charge in [-0.05, 0) is 13.3 Å². The summed E-state index contributed by atoms with van der Waals surface area (Å²) in [5.41, 5.74) is -0.955. The minimum atomic E-state index is -0.610. The molecule has 0 saturated heterocycles. The molecule has 0 bridgehead atoms. The molecule has 7 heteroatoms. The van der Waals surface area contributed by atoms with Gasteiger partial charge in [0.1, 0.15) is 16.9 Å². The summed E-state index contributed by atoms with van der Waals surface area (Å²) in [6, 6.07) is 0. The summed E-state index contributed by atoms with van der Waals surface area (Å²) in [5, 5.41) is 0. The number of nitrogens with zero attached hydrogens (tertiary/aromatic N) is 2. The molecule has 0 aliphatic rings. The molecule has 1 unspecified atom stereocenters. The van der Waals surface area contributed by atoms with Crippen LogP contribution in [0.15, 0.2) is 9.59 Å². The van der Waals surface area contributed by atoms with Crippen molar-refractivity contribution in [1.29, 1.82) is 0 Å². The lowest BCUT2D eigenvalue weighted by Crippen LogP contribution is -2.28. The van der Waals surface area contributed by atoms with Crippen molar-refractivity contribution in [3.63, 3.8) is 0 Å². The van der Waals surface area contributed by atoms with Gasteiger partial charge in [-0.25, -0.2) is 9.78 Å². The van der Waals surface area contributed by atoms with Crippen molar-refractivity contribution < 1.29 is 4.74 Å². The van der Waals surface area contributed by atoms with Crippen molar-refractivity contribution in [2.45, 2.75) is 25.9 Å². The van der Waals surface area contributed by atoms with Crippen molar-refractivity contribution >= 4 is 11.2 Å². The number of hydrogen-bond donors (Lipinski definition) is 2. The van der Waals surface area contributed by atoms with E-state index in [1.807, 2.05) is 13.8 Å². The Morgan fingerprint density at radius 1 is 1.39 bits per heavy atom. The van der Waals surface area contributed by atoms with E-state index in [-0.39, 0.29) is 5.52 Å². The number of hydrogen-bond acceptors (Lipinski definition) is 4.